The van der Waals surface area contributed by atoms with Crippen LogP contribution < -0.4 is 5.32 Å². The van der Waals surface area contributed by atoms with Gasteiger partial charge in [-0.25, -0.2) is 0 Å². The van der Waals surface area contributed by atoms with Crippen molar-refractivity contribution in [2.75, 3.05) is 12.4 Å². The van der Waals surface area contributed by atoms with Crippen molar-refractivity contribution in [2.24, 2.45) is 0 Å². The van der Waals surface area contributed by atoms with E-state index in [0.717, 1.165) is 12.8 Å². The third-order valence-corrected chi connectivity index (χ3v) is 5.28. The summed E-state index contributed by atoms with van der Waals surface area (Å²) < 4.78 is 0. The monoisotopic (exact) mass is 375 g/mol. The van der Waals surface area contributed by atoms with Crippen LogP contribution in [0.3, 0.4) is 0 Å². The summed E-state index contributed by atoms with van der Waals surface area (Å²) in [6.07, 6.45) is 9.31. The fourth-order valence-corrected chi connectivity index (χ4v) is 3.86. The van der Waals surface area contributed by atoms with Gasteiger partial charge in [0.05, 0.1) is 0 Å². The summed E-state index contributed by atoms with van der Waals surface area (Å²) >= 11 is 0. The third kappa shape index (κ3) is 4.95. The molecule has 1 heteroatoms. The zero-order valence-corrected chi connectivity index (χ0v) is 18.8. The molecule has 0 heterocycles. The van der Waals surface area contributed by atoms with E-state index < -0.39 is 0 Å². The van der Waals surface area contributed by atoms with E-state index in [-0.39, 0.29) is 11.3 Å². The van der Waals surface area contributed by atoms with Gasteiger partial charge in [0.2, 0.25) is 0 Å². The Morgan fingerprint density at radius 1 is 0.964 bits per heavy atom. The quantitative estimate of drug-likeness (QED) is 0.575. The van der Waals surface area contributed by atoms with Crippen molar-refractivity contribution in [1.29, 1.82) is 0 Å². The number of nitrogens with one attached hydrogen (secondary N) is 1. The van der Waals surface area contributed by atoms with Crippen molar-refractivity contribution >= 4 is 5.69 Å². The lowest BCUT2D eigenvalue weighted by molar-refractivity contribution is 0.588. The molecule has 0 spiro atoms. The van der Waals surface area contributed by atoms with Gasteiger partial charge in [0.1, 0.15) is 0 Å². The maximum Gasteiger partial charge on any atom is 0.0409 e. The van der Waals surface area contributed by atoms with Gasteiger partial charge in [-0.1, -0.05) is 95.3 Å². The number of anilines is 1. The molecule has 2 aromatic rings. The molecule has 0 bridgehead atoms. The highest BCUT2D eigenvalue weighted by atomic mass is 14.8. The molecule has 0 radical (unpaired) electrons. The molecule has 2 aromatic carbocycles. The van der Waals surface area contributed by atoms with Crippen molar-refractivity contribution in [1.82, 2.24) is 0 Å². The van der Waals surface area contributed by atoms with Gasteiger partial charge in [-0.05, 0) is 53.0 Å². The van der Waals surface area contributed by atoms with E-state index in [2.05, 4.69) is 93.7 Å². The lowest BCUT2D eigenvalue weighted by atomic mass is 9.77. The molecule has 1 atom stereocenters. The zero-order valence-electron chi connectivity index (χ0n) is 18.8. The van der Waals surface area contributed by atoms with Crippen LogP contribution in [0.15, 0.2) is 66.3 Å². The Bertz CT molecular complexity index is 819. The maximum atomic E-state index is 3.48. The van der Waals surface area contributed by atoms with Crippen LogP contribution in [0.4, 0.5) is 5.69 Å². The summed E-state index contributed by atoms with van der Waals surface area (Å²) in [7, 11) is 2.04. The molecular formula is C27H37N. The summed E-state index contributed by atoms with van der Waals surface area (Å²) in [4.78, 5) is 0. The lowest BCUT2D eigenvalue weighted by Gasteiger charge is -2.28. The molecule has 0 aliphatic heterocycles. The van der Waals surface area contributed by atoms with E-state index in [0.29, 0.717) is 0 Å². The Morgan fingerprint density at radius 2 is 1.64 bits per heavy atom. The first-order valence-corrected chi connectivity index (χ1v) is 10.7. The van der Waals surface area contributed by atoms with Crippen molar-refractivity contribution < 1.29 is 0 Å². The second-order valence-electron chi connectivity index (χ2n) is 8.28. The molecular weight excluding hydrogens is 338 g/mol. The standard InChI is InChI=1S/C25H31N.C2H6/c1-18-16-21(25(2,3)4)17-22(24(18)26-5)23(19-12-8-6-9-13-19)20-14-10-7-11-15-20;1-2/h6,8-10,12-17,23,26H,7,11H2,1-5H3;1-2H3. The minimum Gasteiger partial charge on any atom is -0.388 e. The first kappa shape index (κ1) is 22.0. The van der Waals surface area contributed by atoms with Crippen molar-refractivity contribution in [3.63, 3.8) is 0 Å². The number of allylic oxidation sites excluding steroid dienone is 4. The van der Waals surface area contributed by atoms with Crippen LogP contribution in [0.5, 0.6) is 0 Å². The fourth-order valence-electron chi connectivity index (χ4n) is 3.86. The Hall–Kier alpha value is -2.28. The van der Waals surface area contributed by atoms with Gasteiger partial charge in [0, 0.05) is 18.7 Å². The Kier molecular flexibility index (Phi) is 7.69. The van der Waals surface area contributed by atoms with Crippen LogP contribution in [0.2, 0.25) is 0 Å². The minimum atomic E-state index is 0.129. The molecule has 1 N–H and O–H groups in total. The molecule has 1 aliphatic rings. The van der Waals surface area contributed by atoms with E-state index >= 15 is 0 Å². The SMILES string of the molecule is CC.CNc1c(C)cc(C(C)(C)C)cc1C(C1=CCCC=C1)c1ccccc1. The van der Waals surface area contributed by atoms with Gasteiger partial charge in [-0.15, -0.1) is 0 Å². The molecule has 3 rings (SSSR count). The van der Waals surface area contributed by atoms with Crippen LogP contribution in [0.1, 0.15) is 75.6 Å². The van der Waals surface area contributed by atoms with E-state index in [1.54, 1.807) is 0 Å². The Labute approximate surface area is 172 Å². The van der Waals surface area contributed by atoms with Gasteiger partial charge >= 0.3 is 0 Å². The highest BCUT2D eigenvalue weighted by Crippen LogP contribution is 2.41. The zero-order chi connectivity index (χ0) is 20.7. The second kappa shape index (κ2) is 9.78. The van der Waals surface area contributed by atoms with Crippen LogP contribution in [-0.4, -0.2) is 7.05 Å². The summed E-state index contributed by atoms with van der Waals surface area (Å²) in [5.41, 5.74) is 8.23. The molecule has 0 aromatic heterocycles. The summed E-state index contributed by atoms with van der Waals surface area (Å²) in [6, 6.07) is 15.7. The van der Waals surface area contributed by atoms with Gasteiger partial charge in [-0.2, -0.15) is 0 Å². The first-order chi connectivity index (χ1) is 13.4. The van der Waals surface area contributed by atoms with Crippen LogP contribution in [-0.2, 0) is 5.41 Å². The summed E-state index contributed by atoms with van der Waals surface area (Å²) in [5.74, 6) is 0.260. The molecule has 1 unspecified atom stereocenters. The van der Waals surface area contributed by atoms with E-state index in [1.807, 2.05) is 20.9 Å². The molecule has 0 saturated carbocycles. The largest absolute Gasteiger partial charge is 0.388 e. The van der Waals surface area contributed by atoms with Crippen LogP contribution >= 0.6 is 0 Å². The number of hydrogen-bond acceptors (Lipinski definition) is 1. The van der Waals surface area contributed by atoms with E-state index in [9.17, 15) is 0 Å². The minimum absolute atomic E-state index is 0.129. The van der Waals surface area contributed by atoms with E-state index in [1.165, 1.54) is 33.5 Å². The summed E-state index contributed by atoms with van der Waals surface area (Å²) in [5, 5.41) is 3.48. The first-order valence-electron chi connectivity index (χ1n) is 10.7. The smallest absolute Gasteiger partial charge is 0.0409 e. The topological polar surface area (TPSA) is 12.0 Å². The van der Waals surface area contributed by atoms with Crippen molar-refractivity contribution in [2.45, 2.75) is 65.7 Å². The summed E-state index contributed by atoms with van der Waals surface area (Å²) in [6.45, 7) is 13.1. The molecule has 0 amide bonds. The van der Waals surface area contributed by atoms with Crippen LogP contribution in [0, 0.1) is 6.92 Å². The molecule has 1 nitrogen and oxygen atoms in total. The van der Waals surface area contributed by atoms with Gasteiger partial charge in [0.25, 0.3) is 0 Å². The van der Waals surface area contributed by atoms with Gasteiger partial charge < -0.3 is 5.32 Å². The molecule has 1 aliphatic carbocycles. The highest BCUT2D eigenvalue weighted by molar-refractivity contribution is 5.65. The normalized spacial score (nSPS) is 14.6. The number of aryl methyl sites for hydroxylation is 1. The highest BCUT2D eigenvalue weighted by Gasteiger charge is 2.25. The number of hydrogen-bond donors (Lipinski definition) is 1. The van der Waals surface area contributed by atoms with Gasteiger partial charge in [-0.3, -0.25) is 0 Å². The predicted octanol–water partition coefficient (Wildman–Crippen LogP) is 7.77. The third-order valence-electron chi connectivity index (χ3n) is 5.28. The molecule has 0 fully saturated rings. The molecule has 28 heavy (non-hydrogen) atoms. The Balaban J connectivity index is 0.00000136. The average Bonchev–Trinajstić information content (AvgIpc) is 2.70. The van der Waals surface area contributed by atoms with E-state index in [4.69, 9.17) is 0 Å². The lowest BCUT2D eigenvalue weighted by Crippen LogP contribution is -2.15. The van der Waals surface area contributed by atoms with Crippen LogP contribution in [0.25, 0.3) is 0 Å². The predicted molar refractivity (Wildman–Crippen MR) is 126 cm³/mol. The second-order valence-corrected chi connectivity index (χ2v) is 8.28. The average molecular weight is 376 g/mol. The number of benzene rings is 2. The van der Waals surface area contributed by atoms with Gasteiger partial charge in [0.15, 0.2) is 0 Å². The molecule has 0 saturated heterocycles. The molecule has 150 valence electrons. The fraction of sp³-hybridized carbons (Fsp3) is 0.407. The Morgan fingerprint density at radius 3 is 2.18 bits per heavy atom. The maximum absolute atomic E-state index is 3.48. The van der Waals surface area contributed by atoms with Crippen molar-refractivity contribution in [3.8, 4) is 0 Å². The number of rotatable bonds is 4. The van der Waals surface area contributed by atoms with Crippen molar-refractivity contribution in [3.05, 3.63) is 88.5 Å².